The fourth-order valence-electron chi connectivity index (χ4n) is 6.28. The van der Waals surface area contributed by atoms with Crippen LogP contribution in [0.1, 0.15) is 45.9 Å². The summed E-state index contributed by atoms with van der Waals surface area (Å²) in [5, 5.41) is 14.9. The Morgan fingerprint density at radius 3 is 2.76 bits per heavy atom. The summed E-state index contributed by atoms with van der Waals surface area (Å²) in [6.45, 7) is 4.06. The number of esters is 1. The molecule has 14 heteroatoms. The van der Waals surface area contributed by atoms with Crippen LogP contribution in [-0.4, -0.2) is 77.1 Å². The molecular weight excluding hydrogens is 640 g/mol. The van der Waals surface area contributed by atoms with Gasteiger partial charge in [0, 0.05) is 61.5 Å². The van der Waals surface area contributed by atoms with Crippen LogP contribution >= 0.6 is 22.9 Å². The number of benzene rings is 2. The summed E-state index contributed by atoms with van der Waals surface area (Å²) in [6.07, 6.45) is 1.55. The van der Waals surface area contributed by atoms with Crippen LogP contribution in [0, 0.1) is 18.7 Å². The molecule has 0 bridgehead atoms. The van der Waals surface area contributed by atoms with E-state index in [9.17, 15) is 23.9 Å². The smallest absolute Gasteiger partial charge is 0.338 e. The highest BCUT2D eigenvalue weighted by Gasteiger charge is 2.57. The Hall–Kier alpha value is -4.20. The Bertz CT molecular complexity index is 1780. The number of halogens is 3. The Labute approximate surface area is 272 Å². The van der Waals surface area contributed by atoms with E-state index in [-0.39, 0.29) is 55.4 Å². The van der Waals surface area contributed by atoms with Gasteiger partial charge in [0.05, 0.1) is 22.8 Å². The number of alkyl halides is 1. The van der Waals surface area contributed by atoms with Crippen LogP contribution in [0.15, 0.2) is 64.2 Å². The summed E-state index contributed by atoms with van der Waals surface area (Å²) in [5.74, 6) is -3.25. The Morgan fingerprint density at radius 2 is 2.07 bits per heavy atom. The topological polar surface area (TPSA) is 124 Å². The van der Waals surface area contributed by atoms with E-state index < -0.39 is 41.3 Å². The number of anilines is 1. The first kappa shape index (κ1) is 31.8. The van der Waals surface area contributed by atoms with Crippen LogP contribution in [0.3, 0.4) is 0 Å². The van der Waals surface area contributed by atoms with Crippen molar-refractivity contribution in [3.8, 4) is 0 Å². The lowest BCUT2D eigenvalue weighted by atomic mass is 9.84. The number of amides is 1. The molecule has 0 saturated carbocycles. The van der Waals surface area contributed by atoms with Gasteiger partial charge in [-0.25, -0.2) is 23.4 Å². The number of hydrogen-bond donors (Lipinski definition) is 2. The van der Waals surface area contributed by atoms with E-state index in [4.69, 9.17) is 21.3 Å². The normalized spacial score (nSPS) is 23.2. The van der Waals surface area contributed by atoms with Crippen LogP contribution in [0.25, 0.3) is 0 Å². The number of aromatic carboxylic acids is 1. The number of aromatic nitrogens is 1. The van der Waals surface area contributed by atoms with Gasteiger partial charge < -0.3 is 20.1 Å². The number of ether oxygens (including phenoxy) is 1. The number of nitrogens with one attached hydrogen (secondary N) is 1. The quantitative estimate of drug-likeness (QED) is 0.324. The molecule has 3 aromatic rings. The van der Waals surface area contributed by atoms with Gasteiger partial charge >= 0.3 is 11.9 Å². The third-order valence-electron chi connectivity index (χ3n) is 8.66. The van der Waals surface area contributed by atoms with Crippen molar-refractivity contribution in [1.29, 1.82) is 0 Å². The van der Waals surface area contributed by atoms with Gasteiger partial charge in [-0.05, 0) is 49.2 Å². The molecule has 3 aliphatic rings. The fourth-order valence-corrected chi connectivity index (χ4v) is 7.13. The minimum Gasteiger partial charge on any atom is -0.478 e. The second-order valence-corrected chi connectivity index (χ2v) is 12.6. The molecule has 240 valence electrons. The average Bonchev–Trinajstić information content (AvgIpc) is 3.65. The van der Waals surface area contributed by atoms with Gasteiger partial charge in [0.15, 0.2) is 16.5 Å². The molecule has 4 heterocycles. The van der Waals surface area contributed by atoms with Crippen molar-refractivity contribution < 1.29 is 33.0 Å². The molecule has 0 radical (unpaired) electrons. The van der Waals surface area contributed by atoms with Crippen LogP contribution in [-0.2, 0) is 14.3 Å². The number of fused-ring (bicyclic) bond motifs is 1. The molecule has 2 aromatic carbocycles. The molecule has 3 atom stereocenters. The van der Waals surface area contributed by atoms with Crippen LogP contribution in [0.5, 0.6) is 0 Å². The van der Waals surface area contributed by atoms with Crippen molar-refractivity contribution in [1.82, 2.24) is 15.2 Å². The average molecular weight is 670 g/mol. The zero-order chi connectivity index (χ0) is 32.7. The maximum absolute atomic E-state index is 16.4. The van der Waals surface area contributed by atoms with E-state index in [0.29, 0.717) is 33.4 Å². The molecule has 0 spiro atoms. The number of nitrogens with zero attached hydrogens (tertiary/aromatic N) is 4. The minimum atomic E-state index is -2.12. The molecule has 2 saturated heterocycles. The molecule has 2 N–H and O–H groups in total. The van der Waals surface area contributed by atoms with Gasteiger partial charge in [0.25, 0.3) is 5.91 Å². The number of amidine groups is 1. The number of carboxylic acids is 1. The van der Waals surface area contributed by atoms with Crippen LogP contribution in [0.4, 0.5) is 14.5 Å². The van der Waals surface area contributed by atoms with Crippen molar-refractivity contribution in [3.05, 3.63) is 91.8 Å². The number of hydrogen-bond acceptors (Lipinski definition) is 9. The lowest BCUT2D eigenvalue weighted by molar-refractivity contribution is -0.139. The number of likely N-dealkylation sites (tertiary alicyclic amines) is 1. The van der Waals surface area contributed by atoms with Gasteiger partial charge in [0.1, 0.15) is 11.9 Å². The molecule has 10 nitrogen and oxygen atoms in total. The van der Waals surface area contributed by atoms with Crippen molar-refractivity contribution in [3.63, 3.8) is 0 Å². The lowest BCUT2D eigenvalue weighted by Crippen LogP contribution is -2.52. The number of carboxylic acid groups (broad SMARTS) is 1. The minimum absolute atomic E-state index is 0.0511. The van der Waals surface area contributed by atoms with Crippen LogP contribution in [0.2, 0.25) is 5.02 Å². The summed E-state index contributed by atoms with van der Waals surface area (Å²) >= 11 is 7.50. The Kier molecular flexibility index (Phi) is 8.66. The van der Waals surface area contributed by atoms with Crippen molar-refractivity contribution >= 4 is 52.3 Å². The first-order chi connectivity index (χ1) is 22.0. The van der Waals surface area contributed by atoms with E-state index in [2.05, 4.69) is 10.3 Å². The monoisotopic (exact) mass is 669 g/mol. The van der Waals surface area contributed by atoms with Crippen molar-refractivity contribution in [2.75, 3.05) is 37.7 Å². The summed E-state index contributed by atoms with van der Waals surface area (Å²) in [5.41, 5.74) is -0.394. The number of thiazole rings is 1. The van der Waals surface area contributed by atoms with E-state index in [1.165, 1.54) is 40.5 Å². The zero-order valence-electron chi connectivity index (χ0n) is 24.9. The van der Waals surface area contributed by atoms with E-state index in [1.807, 2.05) is 4.90 Å². The van der Waals surface area contributed by atoms with Gasteiger partial charge in [0.2, 0.25) is 0 Å². The van der Waals surface area contributed by atoms with Crippen LogP contribution < -0.4 is 10.2 Å². The van der Waals surface area contributed by atoms with Gasteiger partial charge in [-0.2, -0.15) is 0 Å². The Morgan fingerprint density at radius 1 is 1.26 bits per heavy atom. The predicted molar refractivity (Wildman–Crippen MR) is 168 cm³/mol. The van der Waals surface area contributed by atoms with E-state index in [0.717, 1.165) is 0 Å². The molecule has 1 aromatic heterocycles. The molecule has 3 aliphatic heterocycles. The van der Waals surface area contributed by atoms with Crippen molar-refractivity contribution in [2.24, 2.45) is 10.9 Å². The second-order valence-electron chi connectivity index (χ2n) is 11.3. The second kappa shape index (κ2) is 12.5. The first-order valence-electron chi connectivity index (χ1n) is 14.7. The van der Waals surface area contributed by atoms with E-state index >= 15 is 4.39 Å². The van der Waals surface area contributed by atoms with E-state index in [1.54, 1.807) is 37.6 Å². The lowest BCUT2D eigenvalue weighted by Gasteiger charge is -2.38. The molecule has 1 amide bonds. The van der Waals surface area contributed by atoms with Gasteiger partial charge in [-0.15, -0.1) is 11.3 Å². The largest absolute Gasteiger partial charge is 0.478 e. The molecule has 6 rings (SSSR count). The van der Waals surface area contributed by atoms with Gasteiger partial charge in [-0.1, -0.05) is 23.7 Å². The molecule has 2 fully saturated rings. The molecular formula is C32H30ClF2N5O5S. The highest BCUT2D eigenvalue weighted by atomic mass is 35.5. The summed E-state index contributed by atoms with van der Waals surface area (Å²) in [6, 6.07) is 7.84. The highest BCUT2D eigenvalue weighted by Crippen LogP contribution is 2.43. The maximum Gasteiger partial charge on any atom is 0.338 e. The number of rotatable bonds is 8. The summed E-state index contributed by atoms with van der Waals surface area (Å²) in [4.78, 5) is 50.8. The SMILES string of the molecule is CCOC(=O)C1=C(CN2CC[C@@]3(F)C(=O)N(c4ccc(C(=O)O)c(Cl)c4)C[C@H]3C2)NC(c2nccs2)=N[C@H]1c1cccc(F)c1C. The molecule has 0 aliphatic carbocycles. The Balaban J connectivity index is 1.32. The number of carbonyl (C=O) groups excluding carboxylic acids is 2. The maximum atomic E-state index is 16.4. The fraction of sp³-hybridized carbons (Fsp3) is 0.344. The highest BCUT2D eigenvalue weighted by molar-refractivity contribution is 7.11. The third kappa shape index (κ3) is 5.67. The van der Waals surface area contributed by atoms with Crippen molar-refractivity contribution in [2.45, 2.75) is 32.0 Å². The molecule has 46 heavy (non-hydrogen) atoms. The number of carbonyl (C=O) groups is 3. The number of aliphatic imine (C=N–C) groups is 1. The molecule has 0 unspecified atom stereocenters. The summed E-state index contributed by atoms with van der Waals surface area (Å²) in [7, 11) is 0. The predicted octanol–water partition coefficient (Wildman–Crippen LogP) is 4.93. The standard InChI is InChI=1S/C32H30ClF2N5O5S/c1-3-45-30(43)25-24(37-27(28-36-10-12-46-28)38-26(25)20-5-4-6-23(34)17(20)2)16-39-11-9-32(35)18(14-39)15-40(31(32)44)19-7-8-21(29(41)42)22(33)13-19/h4-8,10,12-13,18,26H,3,9,11,14-16H2,1-2H3,(H,37,38)(H,41,42)/t18-,26+,32+/m1/s1. The van der Waals surface area contributed by atoms with Gasteiger partial charge in [-0.3, -0.25) is 14.7 Å². The summed E-state index contributed by atoms with van der Waals surface area (Å²) < 4.78 is 36.6. The number of piperidine rings is 1. The third-order valence-corrected chi connectivity index (χ3v) is 9.75. The first-order valence-corrected chi connectivity index (χ1v) is 15.9. The zero-order valence-corrected chi connectivity index (χ0v) is 26.5.